The van der Waals surface area contributed by atoms with Gasteiger partial charge in [-0.15, -0.1) is 0 Å². The summed E-state index contributed by atoms with van der Waals surface area (Å²) in [5, 5.41) is 4.83. The van der Waals surface area contributed by atoms with Gasteiger partial charge in [-0.1, -0.05) is 6.07 Å². The Balaban J connectivity index is 1.56. The van der Waals surface area contributed by atoms with Crippen LogP contribution in [0.15, 0.2) is 48.8 Å². The molecular weight excluding hydrogens is 342 g/mol. The second kappa shape index (κ2) is 7.72. The molecule has 1 atom stereocenters. The molecule has 3 heterocycles. The maximum absolute atomic E-state index is 12.3. The van der Waals surface area contributed by atoms with Gasteiger partial charge < -0.3 is 14.8 Å². The number of hydrogen-bond donors (Lipinski definition) is 1. The van der Waals surface area contributed by atoms with Gasteiger partial charge >= 0.3 is 0 Å². The summed E-state index contributed by atoms with van der Waals surface area (Å²) in [7, 11) is 0. The Hall–Kier alpha value is -2.99. The van der Waals surface area contributed by atoms with Gasteiger partial charge in [-0.2, -0.15) is 0 Å². The van der Waals surface area contributed by atoms with Crippen LogP contribution in [0.25, 0.3) is 10.8 Å². The van der Waals surface area contributed by atoms with E-state index in [1.54, 1.807) is 30.6 Å². The molecule has 1 N–H and O–H groups in total. The number of fused-ring (bicyclic) bond motifs is 1. The third kappa shape index (κ3) is 3.90. The molecule has 0 radical (unpaired) electrons. The smallest absolute Gasteiger partial charge is 0.274 e. The summed E-state index contributed by atoms with van der Waals surface area (Å²) in [5.74, 6) is 0.796. The van der Waals surface area contributed by atoms with Crippen molar-refractivity contribution < 1.29 is 14.3 Å². The zero-order valence-electron chi connectivity index (χ0n) is 15.1. The van der Waals surface area contributed by atoms with Crippen molar-refractivity contribution in [2.24, 2.45) is 5.92 Å². The molecule has 6 nitrogen and oxygen atoms in total. The number of aryl methyl sites for hydroxylation is 1. The van der Waals surface area contributed by atoms with Crippen LogP contribution in [0.4, 0.5) is 5.69 Å². The molecule has 3 aromatic rings. The van der Waals surface area contributed by atoms with Crippen molar-refractivity contribution in [1.29, 1.82) is 0 Å². The van der Waals surface area contributed by atoms with E-state index in [9.17, 15) is 4.79 Å². The van der Waals surface area contributed by atoms with Crippen LogP contribution in [0.1, 0.15) is 22.5 Å². The lowest BCUT2D eigenvalue weighted by molar-refractivity contribution is 0.102. The number of amides is 1. The number of carbonyl (C=O) groups excluding carboxylic acids is 1. The molecule has 1 saturated heterocycles. The normalized spacial score (nSPS) is 16.4. The lowest BCUT2D eigenvalue weighted by Crippen LogP contribution is -2.13. The first-order valence-electron chi connectivity index (χ1n) is 9.03. The van der Waals surface area contributed by atoms with Crippen LogP contribution < -0.4 is 10.1 Å². The van der Waals surface area contributed by atoms with Crippen LogP contribution in [0.3, 0.4) is 0 Å². The number of aromatic nitrogens is 2. The van der Waals surface area contributed by atoms with Crippen LogP contribution in [0.5, 0.6) is 5.88 Å². The largest absolute Gasteiger partial charge is 0.477 e. The Labute approximate surface area is 157 Å². The van der Waals surface area contributed by atoms with Crippen molar-refractivity contribution in [2.45, 2.75) is 13.3 Å². The van der Waals surface area contributed by atoms with Gasteiger partial charge in [-0.05, 0) is 54.6 Å². The van der Waals surface area contributed by atoms with Crippen molar-refractivity contribution in [3.8, 4) is 5.88 Å². The molecule has 1 aliphatic rings. The number of benzene rings is 1. The molecule has 138 valence electrons. The van der Waals surface area contributed by atoms with Gasteiger partial charge in [0.05, 0.1) is 13.2 Å². The van der Waals surface area contributed by atoms with Crippen molar-refractivity contribution in [3.63, 3.8) is 0 Å². The molecule has 2 aromatic heterocycles. The van der Waals surface area contributed by atoms with Gasteiger partial charge in [0.2, 0.25) is 5.88 Å². The summed E-state index contributed by atoms with van der Waals surface area (Å²) in [6.45, 7) is 4.14. The van der Waals surface area contributed by atoms with E-state index in [2.05, 4.69) is 15.3 Å². The highest BCUT2D eigenvalue weighted by atomic mass is 16.5. The highest BCUT2D eigenvalue weighted by Crippen LogP contribution is 2.29. The summed E-state index contributed by atoms with van der Waals surface area (Å²) in [4.78, 5) is 20.9. The van der Waals surface area contributed by atoms with Gasteiger partial charge in [0.15, 0.2) is 0 Å². The standard InChI is InChI=1S/C21H21N3O3/c1-14-11-23-21(27-13-15-7-9-26-12-15)17-6-5-16(10-18(14)17)24-20(25)19-4-2-3-8-22-19/h2-6,8,10-11,15H,7,9,12-13H2,1H3,(H,24,25). The predicted molar refractivity (Wildman–Crippen MR) is 103 cm³/mol. The fourth-order valence-corrected chi connectivity index (χ4v) is 3.15. The van der Waals surface area contributed by atoms with E-state index in [1.165, 1.54) is 0 Å². The van der Waals surface area contributed by atoms with E-state index in [0.717, 1.165) is 36.0 Å². The van der Waals surface area contributed by atoms with E-state index >= 15 is 0 Å². The maximum atomic E-state index is 12.3. The Morgan fingerprint density at radius 3 is 2.96 bits per heavy atom. The summed E-state index contributed by atoms with van der Waals surface area (Å²) >= 11 is 0. The van der Waals surface area contributed by atoms with Crippen molar-refractivity contribution in [3.05, 3.63) is 60.0 Å². The summed E-state index contributed by atoms with van der Waals surface area (Å²) in [5.41, 5.74) is 2.12. The zero-order chi connectivity index (χ0) is 18.6. The summed E-state index contributed by atoms with van der Waals surface area (Å²) < 4.78 is 11.4. The third-order valence-electron chi connectivity index (χ3n) is 4.69. The minimum atomic E-state index is -0.237. The maximum Gasteiger partial charge on any atom is 0.274 e. The molecule has 0 saturated carbocycles. The SMILES string of the molecule is Cc1cnc(OCC2CCOC2)c2ccc(NC(=O)c3ccccn3)cc12. The molecule has 1 unspecified atom stereocenters. The summed E-state index contributed by atoms with van der Waals surface area (Å²) in [6, 6.07) is 11.0. The zero-order valence-corrected chi connectivity index (χ0v) is 15.1. The third-order valence-corrected chi connectivity index (χ3v) is 4.69. The number of anilines is 1. The van der Waals surface area contributed by atoms with Gasteiger partial charge in [-0.25, -0.2) is 4.98 Å². The van der Waals surface area contributed by atoms with Gasteiger partial charge in [0.25, 0.3) is 5.91 Å². The van der Waals surface area contributed by atoms with Gasteiger partial charge in [0, 0.05) is 36.0 Å². The Morgan fingerprint density at radius 1 is 1.26 bits per heavy atom. The molecule has 27 heavy (non-hydrogen) atoms. The first kappa shape index (κ1) is 17.4. The van der Waals surface area contributed by atoms with Crippen LogP contribution in [-0.2, 0) is 4.74 Å². The Bertz CT molecular complexity index is 954. The van der Waals surface area contributed by atoms with E-state index in [1.807, 2.05) is 25.1 Å². The fourth-order valence-electron chi connectivity index (χ4n) is 3.15. The number of nitrogens with zero attached hydrogens (tertiary/aromatic N) is 2. The van der Waals surface area contributed by atoms with Crippen molar-refractivity contribution in [1.82, 2.24) is 9.97 Å². The highest BCUT2D eigenvalue weighted by Gasteiger charge is 2.17. The minimum Gasteiger partial charge on any atom is -0.477 e. The van der Waals surface area contributed by atoms with Gasteiger partial charge in [0.1, 0.15) is 5.69 Å². The molecule has 1 aromatic carbocycles. The number of nitrogens with one attached hydrogen (secondary N) is 1. The van der Waals surface area contributed by atoms with E-state index in [4.69, 9.17) is 9.47 Å². The van der Waals surface area contributed by atoms with E-state index in [-0.39, 0.29) is 5.91 Å². The highest BCUT2D eigenvalue weighted by molar-refractivity contribution is 6.04. The Kier molecular flexibility index (Phi) is 4.98. The molecule has 4 rings (SSSR count). The molecule has 1 fully saturated rings. The molecular formula is C21H21N3O3. The molecule has 0 aliphatic carbocycles. The van der Waals surface area contributed by atoms with Crippen molar-refractivity contribution in [2.75, 3.05) is 25.1 Å². The number of rotatable bonds is 5. The second-order valence-electron chi connectivity index (χ2n) is 6.72. The van der Waals surface area contributed by atoms with Crippen molar-refractivity contribution >= 4 is 22.4 Å². The topological polar surface area (TPSA) is 73.3 Å². The number of hydrogen-bond acceptors (Lipinski definition) is 5. The lowest BCUT2D eigenvalue weighted by Gasteiger charge is -2.13. The second-order valence-corrected chi connectivity index (χ2v) is 6.72. The van der Waals surface area contributed by atoms with E-state index < -0.39 is 0 Å². The lowest BCUT2D eigenvalue weighted by atomic mass is 10.1. The monoisotopic (exact) mass is 363 g/mol. The van der Waals surface area contributed by atoms with E-state index in [0.29, 0.717) is 29.8 Å². The summed E-state index contributed by atoms with van der Waals surface area (Å²) in [6.07, 6.45) is 4.42. The van der Waals surface area contributed by atoms with Crippen LogP contribution in [-0.4, -0.2) is 35.7 Å². The molecule has 0 spiro atoms. The van der Waals surface area contributed by atoms with Crippen LogP contribution in [0, 0.1) is 12.8 Å². The number of pyridine rings is 2. The molecule has 1 aliphatic heterocycles. The molecule has 6 heteroatoms. The number of ether oxygens (including phenoxy) is 2. The average molecular weight is 363 g/mol. The first-order chi connectivity index (χ1) is 13.2. The first-order valence-corrected chi connectivity index (χ1v) is 9.03. The fraction of sp³-hybridized carbons (Fsp3) is 0.286. The predicted octanol–water partition coefficient (Wildman–Crippen LogP) is 3.61. The Morgan fingerprint density at radius 2 is 2.19 bits per heavy atom. The number of carbonyl (C=O) groups is 1. The van der Waals surface area contributed by atoms with Gasteiger partial charge in [-0.3, -0.25) is 9.78 Å². The van der Waals surface area contributed by atoms with Crippen LogP contribution >= 0.6 is 0 Å². The minimum absolute atomic E-state index is 0.237. The average Bonchev–Trinajstić information content (AvgIpc) is 3.22. The quantitative estimate of drug-likeness (QED) is 0.750. The molecule has 0 bridgehead atoms. The molecule has 1 amide bonds. The van der Waals surface area contributed by atoms with Crippen LogP contribution in [0.2, 0.25) is 0 Å².